The SMILES string of the molecule is C.C.NC(=S)OCc1ccccc1.NC(O)=S. The largest absolute Gasteiger partial charge is 0.487 e. The highest BCUT2D eigenvalue weighted by atomic mass is 32.1. The van der Waals surface area contributed by atoms with Crippen molar-refractivity contribution in [3.05, 3.63) is 35.9 Å². The summed E-state index contributed by atoms with van der Waals surface area (Å²) in [7, 11) is 0. The minimum absolute atomic E-state index is 0. The average molecular weight is 276 g/mol. The zero-order chi connectivity index (χ0) is 11.7. The number of benzene rings is 1. The standard InChI is InChI=1S/C8H9NOS.CH3NOS.2CH4/c9-8(11)10-6-7-4-2-1-3-5-7;2-1(3)4;;/h1-5H,6H2,(H2,9,11);(H3,2,3,4);2*1H4. The van der Waals surface area contributed by atoms with E-state index in [0.717, 1.165) is 5.56 Å². The van der Waals surface area contributed by atoms with Crippen molar-refractivity contribution >= 4 is 34.8 Å². The Bertz CT molecular complexity index is 315. The highest BCUT2D eigenvalue weighted by molar-refractivity contribution is 7.80. The van der Waals surface area contributed by atoms with Crippen molar-refractivity contribution in [3.8, 4) is 0 Å². The van der Waals surface area contributed by atoms with Gasteiger partial charge in [0.05, 0.1) is 0 Å². The number of rotatable bonds is 2. The normalized spacial score (nSPS) is 7.29. The number of hydrogen-bond donors (Lipinski definition) is 3. The van der Waals surface area contributed by atoms with Crippen molar-refractivity contribution in [2.45, 2.75) is 21.5 Å². The van der Waals surface area contributed by atoms with E-state index < -0.39 is 5.17 Å². The van der Waals surface area contributed by atoms with Gasteiger partial charge in [-0.1, -0.05) is 45.2 Å². The van der Waals surface area contributed by atoms with Crippen molar-refractivity contribution in [1.29, 1.82) is 0 Å². The fourth-order valence-electron chi connectivity index (χ4n) is 0.729. The van der Waals surface area contributed by atoms with Gasteiger partial charge in [0.25, 0.3) is 10.3 Å². The third-order valence-corrected chi connectivity index (χ3v) is 1.34. The van der Waals surface area contributed by atoms with Crippen LogP contribution in [0.1, 0.15) is 20.4 Å². The van der Waals surface area contributed by atoms with E-state index in [1.807, 2.05) is 30.3 Å². The minimum Gasteiger partial charge on any atom is -0.487 e. The number of nitrogens with two attached hydrogens (primary N) is 2. The van der Waals surface area contributed by atoms with Crippen LogP contribution in [-0.2, 0) is 11.3 Å². The molecule has 1 aromatic rings. The number of aliphatic hydroxyl groups is 1. The molecule has 4 nitrogen and oxygen atoms in total. The lowest BCUT2D eigenvalue weighted by Gasteiger charge is -2.01. The summed E-state index contributed by atoms with van der Waals surface area (Å²) in [4.78, 5) is 0. The molecule has 6 heteroatoms. The molecule has 17 heavy (non-hydrogen) atoms. The number of thiocarbonyl (C=S) groups is 2. The van der Waals surface area contributed by atoms with Gasteiger partial charge in [-0.3, -0.25) is 0 Å². The van der Waals surface area contributed by atoms with Gasteiger partial charge >= 0.3 is 0 Å². The lowest BCUT2D eigenvalue weighted by atomic mass is 10.2. The monoisotopic (exact) mass is 276 g/mol. The molecule has 0 aliphatic carbocycles. The molecule has 0 aromatic heterocycles. The van der Waals surface area contributed by atoms with Crippen LogP contribution in [0.2, 0.25) is 0 Å². The quantitative estimate of drug-likeness (QED) is 0.720. The van der Waals surface area contributed by atoms with Crippen LogP contribution in [0.4, 0.5) is 0 Å². The molecule has 0 aliphatic rings. The maximum absolute atomic E-state index is 7.56. The van der Waals surface area contributed by atoms with Crippen molar-refractivity contribution < 1.29 is 9.84 Å². The van der Waals surface area contributed by atoms with Crippen LogP contribution < -0.4 is 11.5 Å². The Hall–Kier alpha value is -1.40. The Balaban J connectivity index is -0.000000289. The maximum atomic E-state index is 7.56. The van der Waals surface area contributed by atoms with Crippen molar-refractivity contribution in [2.75, 3.05) is 0 Å². The highest BCUT2D eigenvalue weighted by Gasteiger charge is 1.91. The lowest BCUT2D eigenvalue weighted by Crippen LogP contribution is -2.12. The summed E-state index contributed by atoms with van der Waals surface area (Å²) in [6.07, 6.45) is 0. The topological polar surface area (TPSA) is 81.5 Å². The summed E-state index contributed by atoms with van der Waals surface area (Å²) < 4.78 is 4.94. The number of hydrogen-bond acceptors (Lipinski definition) is 3. The summed E-state index contributed by atoms with van der Waals surface area (Å²) in [5.74, 6) is 0. The van der Waals surface area contributed by atoms with E-state index in [1.165, 1.54) is 0 Å². The highest BCUT2D eigenvalue weighted by Crippen LogP contribution is 1.99. The summed E-state index contributed by atoms with van der Waals surface area (Å²) >= 11 is 8.42. The van der Waals surface area contributed by atoms with Crippen LogP contribution in [0.3, 0.4) is 0 Å². The Morgan fingerprint density at radius 2 is 1.53 bits per heavy atom. The van der Waals surface area contributed by atoms with Crippen molar-refractivity contribution in [1.82, 2.24) is 0 Å². The van der Waals surface area contributed by atoms with Crippen LogP contribution in [0.5, 0.6) is 0 Å². The van der Waals surface area contributed by atoms with Gasteiger partial charge in [-0.15, -0.1) is 0 Å². The molecule has 0 fully saturated rings. The molecule has 0 saturated heterocycles. The smallest absolute Gasteiger partial charge is 0.254 e. The third-order valence-electron chi connectivity index (χ3n) is 1.22. The van der Waals surface area contributed by atoms with Gasteiger partial charge < -0.3 is 21.3 Å². The molecule has 0 unspecified atom stereocenters. The van der Waals surface area contributed by atoms with Gasteiger partial charge in [0, 0.05) is 0 Å². The third kappa shape index (κ3) is 17.2. The van der Waals surface area contributed by atoms with E-state index in [2.05, 4.69) is 30.2 Å². The Labute approximate surface area is 114 Å². The molecule has 98 valence electrons. The van der Waals surface area contributed by atoms with Crippen LogP contribution in [-0.4, -0.2) is 15.5 Å². The van der Waals surface area contributed by atoms with Crippen LogP contribution in [0.15, 0.2) is 30.3 Å². The Morgan fingerprint density at radius 3 is 1.88 bits per heavy atom. The second-order valence-corrected chi connectivity index (χ2v) is 3.25. The predicted molar refractivity (Wildman–Crippen MR) is 80.9 cm³/mol. The molecule has 0 aliphatic heterocycles. The van der Waals surface area contributed by atoms with E-state index >= 15 is 0 Å². The van der Waals surface area contributed by atoms with Crippen LogP contribution >= 0.6 is 24.4 Å². The lowest BCUT2D eigenvalue weighted by molar-refractivity contribution is 0.296. The van der Waals surface area contributed by atoms with Gasteiger partial charge in [-0.05, 0) is 30.0 Å². The molecule has 0 spiro atoms. The number of ether oxygens (including phenoxy) is 1. The van der Waals surface area contributed by atoms with Gasteiger partial charge in [0.1, 0.15) is 6.61 Å². The second-order valence-electron chi connectivity index (χ2n) is 2.43. The van der Waals surface area contributed by atoms with Crippen LogP contribution in [0, 0.1) is 0 Å². The molecule has 0 saturated carbocycles. The fourth-order valence-corrected chi connectivity index (χ4v) is 0.788. The average Bonchev–Trinajstić information content (AvgIpc) is 2.15. The van der Waals surface area contributed by atoms with Crippen molar-refractivity contribution in [2.24, 2.45) is 11.5 Å². The van der Waals surface area contributed by atoms with Crippen LogP contribution in [0.25, 0.3) is 0 Å². The van der Waals surface area contributed by atoms with E-state index in [4.69, 9.17) is 15.6 Å². The molecule has 0 bridgehead atoms. The molecule has 0 amide bonds. The first kappa shape index (κ1) is 20.9. The van der Waals surface area contributed by atoms with Crippen molar-refractivity contribution in [3.63, 3.8) is 0 Å². The maximum Gasteiger partial charge on any atom is 0.254 e. The summed E-state index contributed by atoms with van der Waals surface area (Å²) in [6, 6.07) is 9.75. The van der Waals surface area contributed by atoms with E-state index in [1.54, 1.807) is 0 Å². The van der Waals surface area contributed by atoms with E-state index in [-0.39, 0.29) is 20.0 Å². The van der Waals surface area contributed by atoms with E-state index in [9.17, 15) is 0 Å². The molecular formula is C11H20N2O2S2. The van der Waals surface area contributed by atoms with Gasteiger partial charge in [-0.25, -0.2) is 0 Å². The van der Waals surface area contributed by atoms with Gasteiger partial charge in [0.2, 0.25) is 0 Å². The predicted octanol–water partition coefficient (Wildman–Crippen LogP) is 2.51. The molecular weight excluding hydrogens is 256 g/mol. The first-order valence-electron chi connectivity index (χ1n) is 3.97. The Kier molecular flexibility index (Phi) is 15.6. The van der Waals surface area contributed by atoms with Gasteiger partial charge in [-0.2, -0.15) is 0 Å². The summed E-state index contributed by atoms with van der Waals surface area (Å²) in [6.45, 7) is 0.455. The zero-order valence-electron chi connectivity index (χ0n) is 7.92. The first-order chi connectivity index (χ1) is 7.02. The van der Waals surface area contributed by atoms with Gasteiger partial charge in [0.15, 0.2) is 0 Å². The second kappa shape index (κ2) is 12.7. The fraction of sp³-hybridized carbons (Fsp3) is 0.273. The minimum atomic E-state index is -0.500. The molecule has 0 heterocycles. The molecule has 1 aromatic carbocycles. The van der Waals surface area contributed by atoms with E-state index in [0.29, 0.717) is 6.61 Å². The first-order valence-corrected chi connectivity index (χ1v) is 4.78. The molecule has 5 N–H and O–H groups in total. The zero-order valence-corrected chi connectivity index (χ0v) is 9.55. The number of aliphatic hydroxyl groups excluding tert-OH is 1. The molecule has 0 atom stereocenters. The summed E-state index contributed by atoms with van der Waals surface area (Å²) in [5.41, 5.74) is 10.6. The Morgan fingerprint density at radius 1 is 1.12 bits per heavy atom. The summed E-state index contributed by atoms with van der Waals surface area (Å²) in [5, 5.41) is 7.16. The molecule has 0 radical (unpaired) electrons. The molecule has 1 rings (SSSR count).